The number of aliphatic imine (C=N–C) groups is 1. The third kappa shape index (κ3) is 4.86. The zero-order chi connectivity index (χ0) is 23.6. The number of para-hydroxylation sites is 2. The Morgan fingerprint density at radius 3 is 2.34 bits per heavy atom. The van der Waals surface area contributed by atoms with Gasteiger partial charge in [0, 0.05) is 13.1 Å². The summed E-state index contributed by atoms with van der Waals surface area (Å²) in [5.41, 5.74) is 0.0220. The summed E-state index contributed by atoms with van der Waals surface area (Å²) in [4.78, 5) is 40.7. The van der Waals surface area contributed by atoms with Crippen molar-refractivity contribution < 1.29 is 14.5 Å². The van der Waals surface area contributed by atoms with Crippen LogP contribution in [0.15, 0.2) is 59.6 Å². The van der Waals surface area contributed by atoms with E-state index in [9.17, 15) is 19.7 Å². The lowest BCUT2D eigenvalue weighted by atomic mass is 10.1. The van der Waals surface area contributed by atoms with Gasteiger partial charge in [-0.25, -0.2) is 10.0 Å². The van der Waals surface area contributed by atoms with Crippen LogP contribution in [0.25, 0.3) is 0 Å². The molecule has 0 radical (unpaired) electrons. The Balaban J connectivity index is 1.95. The van der Waals surface area contributed by atoms with Gasteiger partial charge >= 0.3 is 0 Å². The van der Waals surface area contributed by atoms with Crippen LogP contribution in [0.2, 0.25) is 0 Å². The van der Waals surface area contributed by atoms with Crippen LogP contribution in [0.4, 0.5) is 11.4 Å². The average Bonchev–Trinajstić information content (AvgIpc) is 2.96. The number of nitro groups is 1. The molecule has 3 rings (SSSR count). The van der Waals surface area contributed by atoms with Gasteiger partial charge in [-0.2, -0.15) is 0 Å². The minimum absolute atomic E-state index is 0.0514. The van der Waals surface area contributed by atoms with Crippen molar-refractivity contribution in [2.45, 2.75) is 22.9 Å². The molecule has 2 amide bonds. The van der Waals surface area contributed by atoms with E-state index in [2.05, 4.69) is 10.3 Å². The van der Waals surface area contributed by atoms with E-state index in [4.69, 9.17) is 34.8 Å². The monoisotopic (exact) mass is 497 g/mol. The first kappa shape index (κ1) is 23.9. The van der Waals surface area contributed by atoms with Crippen molar-refractivity contribution in [3.8, 4) is 0 Å². The highest BCUT2D eigenvalue weighted by atomic mass is 35.6. The summed E-state index contributed by atoms with van der Waals surface area (Å²) in [5, 5.41) is 16.7. The molecule has 1 aliphatic heterocycles. The molecule has 12 heteroatoms. The number of hydrogen-bond donors (Lipinski definition) is 1. The quantitative estimate of drug-likeness (QED) is 0.384. The molecule has 2 unspecified atom stereocenters. The summed E-state index contributed by atoms with van der Waals surface area (Å²) in [6.07, 6.45) is -1.48. The Labute approximate surface area is 198 Å². The van der Waals surface area contributed by atoms with Crippen molar-refractivity contribution in [2.75, 3.05) is 12.1 Å². The molecule has 1 saturated heterocycles. The van der Waals surface area contributed by atoms with E-state index in [0.29, 0.717) is 5.69 Å². The Kier molecular flexibility index (Phi) is 7.04. The Bertz CT molecular complexity index is 1070. The van der Waals surface area contributed by atoms with Crippen LogP contribution in [0.5, 0.6) is 0 Å². The summed E-state index contributed by atoms with van der Waals surface area (Å²) >= 11 is 18.1. The fraction of sp³-hybridized carbons (Fsp3) is 0.250. The molecular formula is C20H18Cl3N5O4. The first-order chi connectivity index (χ1) is 15.0. The lowest BCUT2D eigenvalue weighted by Crippen LogP contribution is -2.44. The first-order valence-electron chi connectivity index (χ1n) is 9.33. The second-order valence-electron chi connectivity index (χ2n) is 6.91. The molecule has 1 aliphatic rings. The van der Waals surface area contributed by atoms with Crippen molar-refractivity contribution in [1.29, 1.82) is 0 Å². The number of nitrogens with zero attached hydrogens (tertiary/aromatic N) is 4. The smallest absolute Gasteiger partial charge is 0.288 e. The lowest BCUT2D eigenvalue weighted by molar-refractivity contribution is -0.385. The number of carbonyl (C=O) groups is 2. The molecule has 0 aliphatic carbocycles. The van der Waals surface area contributed by atoms with Gasteiger partial charge in [0.05, 0.1) is 16.7 Å². The summed E-state index contributed by atoms with van der Waals surface area (Å²) in [6, 6.07) is 13.7. The second-order valence-corrected chi connectivity index (χ2v) is 9.28. The number of rotatable bonds is 5. The van der Waals surface area contributed by atoms with Gasteiger partial charge in [0.15, 0.2) is 6.17 Å². The van der Waals surface area contributed by atoms with Crippen molar-refractivity contribution in [3.63, 3.8) is 0 Å². The maximum Gasteiger partial charge on any atom is 0.288 e. The Hall–Kier alpha value is -2.72. The average molecular weight is 499 g/mol. The van der Waals surface area contributed by atoms with Crippen molar-refractivity contribution >= 4 is 63.7 Å². The maximum atomic E-state index is 13.1. The van der Waals surface area contributed by atoms with Crippen LogP contribution in [0.1, 0.15) is 17.3 Å². The molecule has 0 aromatic heterocycles. The number of alkyl halides is 3. The highest BCUT2D eigenvalue weighted by Gasteiger charge is 2.43. The van der Waals surface area contributed by atoms with Gasteiger partial charge in [-0.15, -0.1) is 0 Å². The number of amides is 2. The van der Waals surface area contributed by atoms with Crippen LogP contribution >= 0.6 is 34.8 Å². The SMILES string of the molecule is CC1C(=NC(NC(=O)c2ccccc2[N+](=O)[O-])C(Cl)(Cl)Cl)C(=O)N(c2ccccc2)N1C. The predicted octanol–water partition coefficient (Wildman–Crippen LogP) is 3.74. The third-order valence-corrected chi connectivity index (χ3v) is 5.50. The fourth-order valence-electron chi connectivity index (χ4n) is 3.17. The zero-order valence-corrected chi connectivity index (χ0v) is 19.2. The summed E-state index contributed by atoms with van der Waals surface area (Å²) in [6.45, 7) is 1.74. The van der Waals surface area contributed by atoms with E-state index in [1.807, 2.05) is 6.07 Å². The molecular weight excluding hydrogens is 481 g/mol. The van der Waals surface area contributed by atoms with Gasteiger partial charge in [-0.3, -0.25) is 24.7 Å². The van der Waals surface area contributed by atoms with Crippen molar-refractivity contribution in [1.82, 2.24) is 10.3 Å². The molecule has 1 fully saturated rings. The molecule has 2 aromatic carbocycles. The van der Waals surface area contributed by atoms with Gasteiger partial charge in [-0.1, -0.05) is 65.1 Å². The predicted molar refractivity (Wildman–Crippen MR) is 123 cm³/mol. The number of nitrogens with one attached hydrogen (secondary N) is 1. The van der Waals surface area contributed by atoms with Crippen LogP contribution in [-0.2, 0) is 4.79 Å². The summed E-state index contributed by atoms with van der Waals surface area (Å²) in [7, 11) is 1.70. The van der Waals surface area contributed by atoms with Crippen LogP contribution in [0, 0.1) is 10.1 Å². The van der Waals surface area contributed by atoms with Crippen LogP contribution in [-0.4, -0.2) is 50.5 Å². The Morgan fingerprint density at radius 1 is 1.16 bits per heavy atom. The zero-order valence-electron chi connectivity index (χ0n) is 16.9. The summed E-state index contributed by atoms with van der Waals surface area (Å²) in [5.74, 6) is -1.32. The second kappa shape index (κ2) is 9.41. The molecule has 1 heterocycles. The highest BCUT2D eigenvalue weighted by molar-refractivity contribution is 6.68. The minimum Gasteiger partial charge on any atom is -0.326 e. The van der Waals surface area contributed by atoms with Crippen molar-refractivity contribution in [3.05, 3.63) is 70.3 Å². The standard InChI is InChI=1S/C20H18Cl3N5O4/c1-12-16(18(30)27(26(12)2)13-8-4-3-5-9-13)24-19(20(21,22)23)25-17(29)14-10-6-7-11-15(14)28(31)32/h3-12,19H,1-2H3,(H,25,29). The number of carbonyl (C=O) groups excluding carboxylic acids is 2. The van der Waals surface area contributed by atoms with E-state index in [-0.39, 0.29) is 11.3 Å². The molecule has 2 aromatic rings. The molecule has 0 saturated carbocycles. The van der Waals surface area contributed by atoms with Gasteiger partial charge in [0.25, 0.3) is 17.5 Å². The molecule has 1 N–H and O–H groups in total. The molecule has 2 atom stereocenters. The summed E-state index contributed by atoms with van der Waals surface area (Å²) < 4.78 is -2.13. The minimum atomic E-state index is -2.13. The number of halogens is 3. The number of benzene rings is 2. The topological polar surface area (TPSA) is 108 Å². The van der Waals surface area contributed by atoms with E-state index in [1.54, 1.807) is 43.2 Å². The lowest BCUT2D eigenvalue weighted by Gasteiger charge is -2.25. The van der Waals surface area contributed by atoms with Crippen LogP contribution in [0.3, 0.4) is 0 Å². The van der Waals surface area contributed by atoms with Gasteiger partial charge in [0.1, 0.15) is 11.3 Å². The van der Waals surface area contributed by atoms with Gasteiger partial charge in [-0.05, 0) is 25.1 Å². The van der Waals surface area contributed by atoms with Gasteiger partial charge in [0.2, 0.25) is 3.79 Å². The van der Waals surface area contributed by atoms with Crippen molar-refractivity contribution in [2.24, 2.45) is 4.99 Å². The normalized spacial score (nSPS) is 19.3. The van der Waals surface area contributed by atoms with E-state index >= 15 is 0 Å². The molecule has 0 spiro atoms. The number of nitro benzene ring substituents is 1. The van der Waals surface area contributed by atoms with E-state index in [1.165, 1.54) is 29.3 Å². The number of hydrazine groups is 1. The number of anilines is 1. The molecule has 32 heavy (non-hydrogen) atoms. The fourth-order valence-corrected chi connectivity index (χ4v) is 3.48. The first-order valence-corrected chi connectivity index (χ1v) is 10.5. The van der Waals surface area contributed by atoms with Crippen LogP contribution < -0.4 is 10.3 Å². The van der Waals surface area contributed by atoms with E-state index < -0.39 is 38.4 Å². The third-order valence-electron chi connectivity index (χ3n) is 4.88. The van der Waals surface area contributed by atoms with E-state index in [0.717, 1.165) is 0 Å². The van der Waals surface area contributed by atoms with Gasteiger partial charge < -0.3 is 5.32 Å². The Morgan fingerprint density at radius 2 is 1.75 bits per heavy atom. The number of hydrogen-bond acceptors (Lipinski definition) is 6. The molecule has 9 nitrogen and oxygen atoms in total. The molecule has 0 bridgehead atoms. The largest absolute Gasteiger partial charge is 0.326 e. The maximum absolute atomic E-state index is 13.1. The highest BCUT2D eigenvalue weighted by Crippen LogP contribution is 2.33. The molecule has 168 valence electrons.